The van der Waals surface area contributed by atoms with Gasteiger partial charge in [0.15, 0.2) is 0 Å². The van der Waals surface area contributed by atoms with Gasteiger partial charge in [-0.25, -0.2) is 18.1 Å². The number of nitrogens with one attached hydrogen (secondary N) is 1. The van der Waals surface area contributed by atoms with Crippen molar-refractivity contribution in [3.05, 3.63) is 18.2 Å². The van der Waals surface area contributed by atoms with Crippen LogP contribution >= 0.6 is 0 Å². The van der Waals surface area contributed by atoms with Crippen LogP contribution in [0.2, 0.25) is 0 Å². The lowest BCUT2D eigenvalue weighted by Gasteiger charge is -2.31. The van der Waals surface area contributed by atoms with E-state index in [1.165, 1.54) is 6.26 Å². The molecular formula is C9H16N4O2S. The number of fused-ring (bicyclic) bond motifs is 1. The van der Waals surface area contributed by atoms with Crippen molar-refractivity contribution in [2.75, 3.05) is 26.4 Å². The maximum atomic E-state index is 11.1. The Kier molecular flexibility index (Phi) is 3.00. The Morgan fingerprint density at radius 2 is 2.38 bits per heavy atom. The van der Waals surface area contributed by atoms with Crippen LogP contribution in [0.4, 0.5) is 0 Å². The van der Waals surface area contributed by atoms with Gasteiger partial charge in [0.25, 0.3) is 0 Å². The monoisotopic (exact) mass is 244 g/mol. The Labute approximate surface area is 95.3 Å². The molecule has 0 saturated heterocycles. The third-order valence-corrected chi connectivity index (χ3v) is 3.37. The minimum absolute atomic E-state index is 0.117. The second kappa shape index (κ2) is 4.15. The summed E-state index contributed by atoms with van der Waals surface area (Å²) in [6, 6.07) is 0.117. The van der Waals surface area contributed by atoms with E-state index < -0.39 is 10.0 Å². The molecule has 1 aliphatic rings. The van der Waals surface area contributed by atoms with E-state index in [1.54, 1.807) is 6.33 Å². The molecule has 2 rings (SSSR count). The lowest BCUT2D eigenvalue weighted by atomic mass is 10.2. The molecule has 0 aromatic carbocycles. The highest BCUT2D eigenvalue weighted by Gasteiger charge is 2.23. The standard InChI is InChI=1S/C9H16N4O2S/c1-12-5-8-3-10-7-13(8)9(6-12)4-11-16(2,14)15/h3,7,9,11H,4-6H2,1-2H3/t9-/m0/s1. The second-order valence-corrected chi connectivity index (χ2v) is 6.10. The lowest BCUT2D eigenvalue weighted by Crippen LogP contribution is -2.40. The molecule has 1 aromatic heterocycles. The normalized spacial score (nSPS) is 22.0. The molecule has 0 saturated carbocycles. The topological polar surface area (TPSA) is 67.2 Å². The predicted molar refractivity (Wildman–Crippen MR) is 60.4 cm³/mol. The largest absolute Gasteiger partial charge is 0.328 e. The molecule has 0 radical (unpaired) electrons. The smallest absolute Gasteiger partial charge is 0.208 e. The summed E-state index contributed by atoms with van der Waals surface area (Å²) in [5.74, 6) is 0. The fraction of sp³-hybridized carbons (Fsp3) is 0.667. The Hall–Kier alpha value is -0.920. The minimum Gasteiger partial charge on any atom is -0.328 e. The van der Waals surface area contributed by atoms with E-state index in [0.29, 0.717) is 6.54 Å². The van der Waals surface area contributed by atoms with Gasteiger partial charge < -0.3 is 4.57 Å². The SMILES string of the molecule is CN1Cc2cncn2[C@@H](CNS(C)(=O)=O)C1. The van der Waals surface area contributed by atoms with Crippen LogP contribution in [0, 0.1) is 0 Å². The molecule has 0 fully saturated rings. The molecule has 1 atom stereocenters. The molecule has 0 aliphatic carbocycles. The summed E-state index contributed by atoms with van der Waals surface area (Å²) >= 11 is 0. The summed E-state index contributed by atoms with van der Waals surface area (Å²) in [6.07, 6.45) is 4.76. The minimum atomic E-state index is -3.13. The number of aromatic nitrogens is 2. The number of nitrogens with zero attached hydrogens (tertiary/aromatic N) is 3. The Balaban J connectivity index is 2.12. The summed E-state index contributed by atoms with van der Waals surface area (Å²) in [7, 11) is -1.11. The summed E-state index contributed by atoms with van der Waals surface area (Å²) in [5, 5.41) is 0. The molecule has 1 aliphatic heterocycles. The first-order valence-corrected chi connectivity index (χ1v) is 6.99. The summed E-state index contributed by atoms with van der Waals surface area (Å²) in [5.41, 5.74) is 1.12. The maximum Gasteiger partial charge on any atom is 0.208 e. The molecular weight excluding hydrogens is 228 g/mol. The fourth-order valence-electron chi connectivity index (χ4n) is 1.98. The highest BCUT2D eigenvalue weighted by Crippen LogP contribution is 2.18. The van der Waals surface area contributed by atoms with Gasteiger partial charge in [0, 0.05) is 25.8 Å². The van der Waals surface area contributed by atoms with Crippen molar-refractivity contribution in [1.29, 1.82) is 0 Å². The number of likely N-dealkylation sites (N-methyl/N-ethyl adjacent to an activating group) is 1. The first-order valence-electron chi connectivity index (χ1n) is 5.09. The zero-order chi connectivity index (χ0) is 11.8. The number of rotatable bonds is 3. The molecule has 1 N–H and O–H groups in total. The Morgan fingerprint density at radius 3 is 3.06 bits per heavy atom. The van der Waals surface area contributed by atoms with Crippen LogP contribution in [0.3, 0.4) is 0 Å². The van der Waals surface area contributed by atoms with Crippen LogP contribution in [0.15, 0.2) is 12.5 Å². The van der Waals surface area contributed by atoms with E-state index in [2.05, 4.69) is 14.6 Å². The zero-order valence-electron chi connectivity index (χ0n) is 9.42. The molecule has 0 bridgehead atoms. The Morgan fingerprint density at radius 1 is 1.62 bits per heavy atom. The molecule has 90 valence electrons. The number of hydrogen-bond acceptors (Lipinski definition) is 4. The van der Waals surface area contributed by atoms with Crippen molar-refractivity contribution < 1.29 is 8.42 Å². The number of sulfonamides is 1. The van der Waals surface area contributed by atoms with Crippen LogP contribution in [0.25, 0.3) is 0 Å². The highest BCUT2D eigenvalue weighted by molar-refractivity contribution is 7.88. The molecule has 1 aromatic rings. The van der Waals surface area contributed by atoms with E-state index >= 15 is 0 Å². The van der Waals surface area contributed by atoms with Gasteiger partial charge in [0.2, 0.25) is 10.0 Å². The van der Waals surface area contributed by atoms with Crippen LogP contribution < -0.4 is 4.72 Å². The average Bonchev–Trinajstić information content (AvgIpc) is 2.60. The van der Waals surface area contributed by atoms with Gasteiger partial charge in [0.05, 0.1) is 24.3 Å². The van der Waals surface area contributed by atoms with Crippen LogP contribution in [-0.4, -0.2) is 49.3 Å². The first-order chi connectivity index (χ1) is 7.46. The summed E-state index contributed by atoms with van der Waals surface area (Å²) in [4.78, 5) is 6.25. The van der Waals surface area contributed by atoms with E-state index in [1.807, 2.05) is 17.8 Å². The maximum absolute atomic E-state index is 11.1. The van der Waals surface area contributed by atoms with Crippen molar-refractivity contribution in [2.24, 2.45) is 0 Å². The zero-order valence-corrected chi connectivity index (χ0v) is 10.2. The van der Waals surface area contributed by atoms with Gasteiger partial charge in [-0.1, -0.05) is 0 Å². The van der Waals surface area contributed by atoms with Gasteiger partial charge in [-0.3, -0.25) is 4.90 Å². The summed E-state index contributed by atoms with van der Waals surface area (Å²) < 4.78 is 26.7. The number of hydrogen-bond donors (Lipinski definition) is 1. The molecule has 7 heteroatoms. The van der Waals surface area contributed by atoms with Crippen LogP contribution in [0.5, 0.6) is 0 Å². The first kappa shape index (κ1) is 11.6. The number of imidazole rings is 1. The van der Waals surface area contributed by atoms with Crippen molar-refractivity contribution >= 4 is 10.0 Å². The third-order valence-electron chi connectivity index (χ3n) is 2.68. The van der Waals surface area contributed by atoms with Crippen LogP contribution in [0.1, 0.15) is 11.7 Å². The quantitative estimate of drug-likeness (QED) is 0.772. The summed E-state index contributed by atoms with van der Waals surface area (Å²) in [6.45, 7) is 2.09. The average molecular weight is 244 g/mol. The molecule has 2 heterocycles. The van der Waals surface area contributed by atoms with Crippen molar-refractivity contribution in [3.8, 4) is 0 Å². The van der Waals surface area contributed by atoms with E-state index in [0.717, 1.165) is 18.8 Å². The van der Waals surface area contributed by atoms with Gasteiger partial charge >= 0.3 is 0 Å². The Bertz CT molecular complexity index is 468. The van der Waals surface area contributed by atoms with Gasteiger partial charge in [-0.2, -0.15) is 0 Å². The van der Waals surface area contributed by atoms with E-state index in [-0.39, 0.29) is 6.04 Å². The molecule has 0 amide bonds. The van der Waals surface area contributed by atoms with Gasteiger partial charge in [-0.15, -0.1) is 0 Å². The van der Waals surface area contributed by atoms with Gasteiger partial charge in [0.1, 0.15) is 0 Å². The molecule has 6 nitrogen and oxygen atoms in total. The van der Waals surface area contributed by atoms with E-state index in [4.69, 9.17) is 0 Å². The third kappa shape index (κ3) is 2.60. The molecule has 0 spiro atoms. The van der Waals surface area contributed by atoms with E-state index in [9.17, 15) is 8.42 Å². The van der Waals surface area contributed by atoms with Crippen molar-refractivity contribution in [3.63, 3.8) is 0 Å². The lowest BCUT2D eigenvalue weighted by molar-refractivity contribution is 0.224. The van der Waals surface area contributed by atoms with Crippen molar-refractivity contribution in [2.45, 2.75) is 12.6 Å². The van der Waals surface area contributed by atoms with Crippen LogP contribution in [-0.2, 0) is 16.6 Å². The predicted octanol–water partition coefficient (Wildman–Crippen LogP) is -0.581. The molecule has 0 unspecified atom stereocenters. The molecule has 16 heavy (non-hydrogen) atoms. The highest BCUT2D eigenvalue weighted by atomic mass is 32.2. The second-order valence-electron chi connectivity index (χ2n) is 4.26. The van der Waals surface area contributed by atoms with Gasteiger partial charge in [-0.05, 0) is 7.05 Å². The fourth-order valence-corrected chi connectivity index (χ4v) is 2.48. The van der Waals surface area contributed by atoms with Crippen molar-refractivity contribution in [1.82, 2.24) is 19.2 Å².